The van der Waals surface area contributed by atoms with E-state index >= 15 is 0 Å². The van der Waals surface area contributed by atoms with Crippen LogP contribution < -0.4 is 11.0 Å². The van der Waals surface area contributed by atoms with Gasteiger partial charge in [0.25, 0.3) is 0 Å². The van der Waals surface area contributed by atoms with Crippen molar-refractivity contribution in [3.05, 3.63) is 63.8 Å². The van der Waals surface area contributed by atoms with Crippen LogP contribution in [0.1, 0.15) is 23.2 Å². The Balaban J connectivity index is 2.03. The smallest absolute Gasteiger partial charge is 0.310 e. The van der Waals surface area contributed by atoms with E-state index in [-0.39, 0.29) is 11.2 Å². The van der Waals surface area contributed by atoms with Crippen LogP contribution in [0.5, 0.6) is 0 Å². The fourth-order valence-electron chi connectivity index (χ4n) is 2.94. The van der Waals surface area contributed by atoms with E-state index in [1.54, 1.807) is 6.20 Å². The summed E-state index contributed by atoms with van der Waals surface area (Å²) >= 11 is 0. The van der Waals surface area contributed by atoms with E-state index in [1.807, 2.05) is 13.1 Å². The molecule has 4 nitrogen and oxygen atoms in total. The summed E-state index contributed by atoms with van der Waals surface area (Å²) in [6.45, 7) is 0. The lowest BCUT2D eigenvalue weighted by Gasteiger charge is -2.38. The molecule has 1 heterocycles. The molecule has 4 heteroatoms. The first-order valence-corrected chi connectivity index (χ1v) is 6.55. The summed E-state index contributed by atoms with van der Waals surface area (Å²) in [7, 11) is 2.00. The predicted molar refractivity (Wildman–Crippen MR) is 74.1 cm³/mol. The number of nitrogens with zero attached hydrogens (tertiary/aromatic N) is 1. The molecule has 0 aliphatic heterocycles. The zero-order chi connectivity index (χ0) is 13.3. The molecular formula is C15H17N3O. The molecule has 1 aliphatic rings. The third-order valence-corrected chi connectivity index (χ3v) is 4.08. The molecule has 0 spiro atoms. The molecule has 2 N–H and O–H groups in total. The summed E-state index contributed by atoms with van der Waals surface area (Å²) in [5, 5.41) is 3.47. The Hall–Kier alpha value is -1.94. The second-order valence-corrected chi connectivity index (χ2v) is 5.07. The summed E-state index contributed by atoms with van der Waals surface area (Å²) < 4.78 is 0. The highest BCUT2D eigenvalue weighted by atomic mass is 16.1. The average Bonchev–Trinajstić information content (AvgIpc) is 2.48. The number of hydrogen-bond donors (Lipinski definition) is 2. The molecule has 0 radical (unpaired) electrons. The molecule has 2 aromatic rings. The molecule has 1 atom stereocenters. The summed E-state index contributed by atoms with van der Waals surface area (Å²) in [4.78, 5) is 18.0. The molecule has 1 aromatic carbocycles. The van der Waals surface area contributed by atoms with Crippen LogP contribution in [-0.2, 0) is 18.4 Å². The number of rotatable bonds is 2. The van der Waals surface area contributed by atoms with Gasteiger partial charge in [0.1, 0.15) is 0 Å². The first-order valence-electron chi connectivity index (χ1n) is 6.55. The molecule has 0 fully saturated rings. The van der Waals surface area contributed by atoms with Gasteiger partial charge in [0, 0.05) is 17.4 Å². The van der Waals surface area contributed by atoms with Crippen LogP contribution in [-0.4, -0.2) is 17.0 Å². The number of fused-ring (bicyclic) bond motifs is 1. The van der Waals surface area contributed by atoms with Crippen molar-refractivity contribution in [2.24, 2.45) is 0 Å². The van der Waals surface area contributed by atoms with Gasteiger partial charge in [-0.25, -0.2) is 9.78 Å². The minimum atomic E-state index is -0.254. The first-order chi connectivity index (χ1) is 9.23. The third kappa shape index (κ3) is 2.08. The number of H-pyrrole nitrogens is 1. The quantitative estimate of drug-likeness (QED) is 0.852. The van der Waals surface area contributed by atoms with E-state index in [0.29, 0.717) is 0 Å². The molecule has 1 unspecified atom stereocenters. The zero-order valence-corrected chi connectivity index (χ0v) is 10.9. The average molecular weight is 255 g/mol. The Labute approximate surface area is 111 Å². The Morgan fingerprint density at radius 3 is 2.84 bits per heavy atom. The minimum Gasteiger partial charge on any atom is -0.310 e. The van der Waals surface area contributed by atoms with E-state index < -0.39 is 0 Å². The van der Waals surface area contributed by atoms with Crippen LogP contribution in [0.4, 0.5) is 0 Å². The van der Waals surface area contributed by atoms with E-state index in [9.17, 15) is 4.79 Å². The lowest BCUT2D eigenvalue weighted by atomic mass is 9.76. The highest BCUT2D eigenvalue weighted by Gasteiger charge is 2.34. The second kappa shape index (κ2) is 4.63. The van der Waals surface area contributed by atoms with Crippen LogP contribution in [0.25, 0.3) is 0 Å². The van der Waals surface area contributed by atoms with Crippen molar-refractivity contribution in [3.63, 3.8) is 0 Å². The van der Waals surface area contributed by atoms with Gasteiger partial charge in [-0.1, -0.05) is 30.3 Å². The normalized spacial score (nSPS) is 21.9. The summed E-state index contributed by atoms with van der Waals surface area (Å²) in [6.07, 6.45) is 4.40. The molecule has 0 amide bonds. The predicted octanol–water partition coefficient (Wildman–Crippen LogP) is 1.37. The van der Waals surface area contributed by atoms with Gasteiger partial charge in [-0.15, -0.1) is 0 Å². The Kier molecular flexibility index (Phi) is 2.95. The molecule has 1 aliphatic carbocycles. The fourth-order valence-corrected chi connectivity index (χ4v) is 2.94. The lowest BCUT2D eigenvalue weighted by Crippen LogP contribution is -2.45. The van der Waals surface area contributed by atoms with Gasteiger partial charge in [-0.05, 0) is 37.4 Å². The zero-order valence-electron chi connectivity index (χ0n) is 10.9. The summed E-state index contributed by atoms with van der Waals surface area (Å²) in [5.41, 5.74) is 3.13. The molecule has 0 bridgehead atoms. The molecular weight excluding hydrogens is 238 g/mol. The maximum Gasteiger partial charge on any atom is 0.345 e. The highest BCUT2D eigenvalue weighted by Crippen LogP contribution is 2.34. The second-order valence-electron chi connectivity index (χ2n) is 5.07. The van der Waals surface area contributed by atoms with Crippen LogP contribution in [0.3, 0.4) is 0 Å². The highest BCUT2D eigenvalue weighted by molar-refractivity contribution is 5.32. The molecule has 0 saturated heterocycles. The number of aromatic amines is 1. The first kappa shape index (κ1) is 12.1. The van der Waals surface area contributed by atoms with Crippen LogP contribution in [0, 0.1) is 0 Å². The lowest BCUT2D eigenvalue weighted by molar-refractivity contribution is 0.311. The van der Waals surface area contributed by atoms with Crippen LogP contribution in [0.2, 0.25) is 0 Å². The topological polar surface area (TPSA) is 57.8 Å². The monoisotopic (exact) mass is 255 g/mol. The van der Waals surface area contributed by atoms with Crippen molar-refractivity contribution in [1.29, 1.82) is 0 Å². The number of benzene rings is 1. The fraction of sp³-hybridized carbons (Fsp3) is 0.333. The summed E-state index contributed by atoms with van der Waals surface area (Å²) in [5.74, 6) is 0. The number of aromatic nitrogens is 2. The van der Waals surface area contributed by atoms with Crippen LogP contribution >= 0.6 is 0 Å². The number of nitrogens with one attached hydrogen (secondary N) is 2. The molecule has 3 rings (SSSR count). The molecule has 19 heavy (non-hydrogen) atoms. The minimum absolute atomic E-state index is 0.0613. The van der Waals surface area contributed by atoms with Crippen molar-refractivity contribution in [1.82, 2.24) is 15.3 Å². The van der Waals surface area contributed by atoms with E-state index in [4.69, 9.17) is 0 Å². The number of aryl methyl sites for hydroxylation is 1. The van der Waals surface area contributed by atoms with Gasteiger partial charge < -0.3 is 10.3 Å². The summed E-state index contributed by atoms with van der Waals surface area (Å²) in [6, 6.07) is 10.5. The van der Waals surface area contributed by atoms with Crippen molar-refractivity contribution in [3.8, 4) is 0 Å². The van der Waals surface area contributed by atoms with Crippen molar-refractivity contribution in [2.45, 2.75) is 24.8 Å². The van der Waals surface area contributed by atoms with E-state index in [1.165, 1.54) is 5.56 Å². The van der Waals surface area contributed by atoms with Crippen molar-refractivity contribution >= 4 is 0 Å². The van der Waals surface area contributed by atoms with Gasteiger partial charge in [0.2, 0.25) is 0 Å². The maximum absolute atomic E-state index is 11.3. The Bertz CT molecular complexity index is 635. The van der Waals surface area contributed by atoms with Gasteiger partial charge in [0.05, 0.1) is 0 Å². The van der Waals surface area contributed by atoms with E-state index in [2.05, 4.69) is 39.6 Å². The van der Waals surface area contributed by atoms with E-state index in [0.717, 1.165) is 30.5 Å². The van der Waals surface area contributed by atoms with Gasteiger partial charge in [-0.2, -0.15) is 0 Å². The Morgan fingerprint density at radius 2 is 2.11 bits per heavy atom. The number of likely N-dealkylation sites (N-methyl/N-ethyl adjacent to an activating group) is 1. The maximum atomic E-state index is 11.3. The standard InChI is InChI=1S/C15H17N3O/c1-16-15(12-5-3-2-4-6-12)8-7-13-11(9-15)10-17-14(19)18-13/h2-6,10,16H,7-9H2,1H3,(H,17,18,19). The van der Waals surface area contributed by atoms with Crippen molar-refractivity contribution in [2.75, 3.05) is 7.05 Å². The molecule has 1 aromatic heterocycles. The molecule has 0 saturated carbocycles. The third-order valence-electron chi connectivity index (χ3n) is 4.08. The largest absolute Gasteiger partial charge is 0.345 e. The van der Waals surface area contributed by atoms with Crippen molar-refractivity contribution < 1.29 is 0 Å². The molecule has 98 valence electrons. The number of hydrogen-bond acceptors (Lipinski definition) is 3. The SMILES string of the molecule is CNC1(c2ccccc2)CCc2[nH]c(=O)ncc2C1. The van der Waals surface area contributed by atoms with Gasteiger partial charge in [0.15, 0.2) is 0 Å². The Morgan fingerprint density at radius 1 is 1.32 bits per heavy atom. The van der Waals surface area contributed by atoms with Gasteiger partial charge >= 0.3 is 5.69 Å². The van der Waals surface area contributed by atoms with Gasteiger partial charge in [-0.3, -0.25) is 0 Å². The van der Waals surface area contributed by atoms with Crippen LogP contribution in [0.15, 0.2) is 41.3 Å².